The van der Waals surface area contributed by atoms with E-state index < -0.39 is 0 Å². The van der Waals surface area contributed by atoms with Crippen molar-refractivity contribution in [1.82, 2.24) is 10.2 Å². The van der Waals surface area contributed by atoms with Gasteiger partial charge in [-0.05, 0) is 56.4 Å². The van der Waals surface area contributed by atoms with Gasteiger partial charge < -0.3 is 24.6 Å². The fourth-order valence-electron chi connectivity index (χ4n) is 3.41. The summed E-state index contributed by atoms with van der Waals surface area (Å²) >= 11 is 0. The van der Waals surface area contributed by atoms with Crippen LogP contribution in [0.4, 0.5) is 5.69 Å². The lowest BCUT2D eigenvalue weighted by atomic mass is 10.1. The molecule has 1 saturated heterocycles. The number of ether oxygens (including phenoxy) is 2. The molecule has 0 aliphatic carbocycles. The monoisotopic (exact) mass is 518 g/mol. The number of nitrogens with zero attached hydrogens (tertiary/aromatic N) is 3. The van der Waals surface area contributed by atoms with Crippen molar-refractivity contribution in [2.45, 2.75) is 45.8 Å². The Morgan fingerprint density at radius 3 is 2.55 bits per heavy atom. The molecule has 1 fully saturated rings. The Hall–Kier alpha value is -1.06. The molecule has 0 atom stereocenters. The van der Waals surface area contributed by atoms with Crippen molar-refractivity contribution in [3.8, 4) is 0 Å². The molecule has 0 amide bonds. The van der Waals surface area contributed by atoms with E-state index in [2.05, 4.69) is 61.3 Å². The van der Waals surface area contributed by atoms with Crippen LogP contribution in [0.5, 0.6) is 0 Å². The average molecular weight is 518 g/mol. The van der Waals surface area contributed by atoms with Gasteiger partial charge in [-0.1, -0.05) is 6.07 Å². The molecule has 7 heteroatoms. The number of aryl methyl sites for hydroxylation is 1. The largest absolute Gasteiger partial charge is 0.385 e. The maximum atomic E-state index is 5.98. The number of anilines is 1. The Morgan fingerprint density at radius 2 is 1.97 bits per heavy atom. The summed E-state index contributed by atoms with van der Waals surface area (Å²) in [5.74, 6) is 1.01. The molecule has 2 rings (SSSR count). The van der Waals surface area contributed by atoms with Gasteiger partial charge in [0.1, 0.15) is 0 Å². The summed E-state index contributed by atoms with van der Waals surface area (Å²) in [6.45, 7) is 9.40. The molecule has 166 valence electrons. The third kappa shape index (κ3) is 8.68. The second-order valence-electron chi connectivity index (χ2n) is 7.58. The standard InChI is InChI=1S/C22H38N4O2.HI/c1-6-23-22(24-17-19-8-9-20(25(3)4)16-18(19)2)26-12-10-21(11-13-26)28-15-7-14-27-5;/h8-9,16,21H,6-7,10-15,17H2,1-5H3,(H,23,24);1H. The van der Waals surface area contributed by atoms with Gasteiger partial charge in [0, 0.05) is 59.7 Å². The molecule has 0 saturated carbocycles. The number of methoxy groups -OCH3 is 1. The highest BCUT2D eigenvalue weighted by atomic mass is 127. The van der Waals surface area contributed by atoms with Gasteiger partial charge in [-0.25, -0.2) is 4.99 Å². The summed E-state index contributed by atoms with van der Waals surface area (Å²) < 4.78 is 11.1. The molecule has 1 aromatic carbocycles. The predicted molar refractivity (Wildman–Crippen MR) is 133 cm³/mol. The Kier molecular flexibility index (Phi) is 12.6. The van der Waals surface area contributed by atoms with Crippen molar-refractivity contribution in [3.63, 3.8) is 0 Å². The van der Waals surface area contributed by atoms with Crippen LogP contribution < -0.4 is 10.2 Å². The van der Waals surface area contributed by atoms with Crippen molar-refractivity contribution < 1.29 is 9.47 Å². The summed E-state index contributed by atoms with van der Waals surface area (Å²) in [5.41, 5.74) is 3.79. The van der Waals surface area contributed by atoms with Crippen LogP contribution in [0, 0.1) is 6.92 Å². The van der Waals surface area contributed by atoms with Gasteiger partial charge in [0.2, 0.25) is 0 Å². The smallest absolute Gasteiger partial charge is 0.194 e. The number of hydrogen-bond donors (Lipinski definition) is 1. The van der Waals surface area contributed by atoms with Gasteiger partial charge in [0.05, 0.1) is 12.6 Å². The fraction of sp³-hybridized carbons (Fsp3) is 0.682. The maximum absolute atomic E-state index is 5.98. The van der Waals surface area contributed by atoms with Crippen LogP contribution >= 0.6 is 24.0 Å². The summed E-state index contributed by atoms with van der Waals surface area (Å²) in [4.78, 5) is 9.41. The van der Waals surface area contributed by atoms with E-state index in [1.54, 1.807) is 7.11 Å². The lowest BCUT2D eigenvalue weighted by Crippen LogP contribution is -2.47. The fourth-order valence-corrected chi connectivity index (χ4v) is 3.41. The molecule has 29 heavy (non-hydrogen) atoms. The van der Waals surface area contributed by atoms with Crippen LogP contribution in [-0.2, 0) is 16.0 Å². The molecule has 0 spiro atoms. The summed E-state index contributed by atoms with van der Waals surface area (Å²) in [7, 11) is 5.87. The molecule has 1 heterocycles. The molecular formula is C22H39IN4O2. The SMILES string of the molecule is CCNC(=NCc1ccc(N(C)C)cc1C)N1CCC(OCCCOC)CC1.I. The molecule has 0 bridgehead atoms. The minimum absolute atomic E-state index is 0. The summed E-state index contributed by atoms with van der Waals surface area (Å²) in [6, 6.07) is 6.58. The number of rotatable bonds is 9. The van der Waals surface area contributed by atoms with E-state index >= 15 is 0 Å². The van der Waals surface area contributed by atoms with E-state index in [9.17, 15) is 0 Å². The first kappa shape index (κ1) is 26.0. The maximum Gasteiger partial charge on any atom is 0.194 e. The van der Waals surface area contributed by atoms with Crippen molar-refractivity contribution >= 4 is 35.6 Å². The summed E-state index contributed by atoms with van der Waals surface area (Å²) in [6.07, 6.45) is 3.42. The second-order valence-corrected chi connectivity index (χ2v) is 7.58. The number of halogens is 1. The molecule has 1 N–H and O–H groups in total. The first-order chi connectivity index (χ1) is 13.5. The van der Waals surface area contributed by atoms with Crippen LogP contribution in [0.25, 0.3) is 0 Å². The van der Waals surface area contributed by atoms with Crippen molar-refractivity contribution in [2.24, 2.45) is 4.99 Å². The van der Waals surface area contributed by atoms with E-state index in [0.29, 0.717) is 12.6 Å². The molecule has 0 aromatic heterocycles. The Balaban J connectivity index is 0.00000420. The van der Waals surface area contributed by atoms with E-state index in [0.717, 1.165) is 58.1 Å². The van der Waals surface area contributed by atoms with Crippen LogP contribution in [0.3, 0.4) is 0 Å². The highest BCUT2D eigenvalue weighted by Gasteiger charge is 2.21. The van der Waals surface area contributed by atoms with Crippen molar-refractivity contribution in [1.29, 1.82) is 0 Å². The van der Waals surface area contributed by atoms with Crippen molar-refractivity contribution in [3.05, 3.63) is 29.3 Å². The van der Waals surface area contributed by atoms with Crippen LogP contribution in [0.1, 0.15) is 37.3 Å². The third-order valence-corrected chi connectivity index (χ3v) is 5.16. The first-order valence-electron chi connectivity index (χ1n) is 10.5. The normalized spacial score (nSPS) is 15.2. The van der Waals surface area contributed by atoms with Crippen LogP contribution in [0.15, 0.2) is 23.2 Å². The molecule has 1 aliphatic heterocycles. The lowest BCUT2D eigenvalue weighted by molar-refractivity contribution is 0.00990. The van der Waals surface area contributed by atoms with Gasteiger partial charge in [0.25, 0.3) is 0 Å². The Bertz CT molecular complexity index is 617. The molecule has 0 radical (unpaired) electrons. The number of piperidine rings is 1. The van der Waals surface area contributed by atoms with E-state index in [4.69, 9.17) is 14.5 Å². The number of guanidine groups is 1. The topological polar surface area (TPSA) is 49.3 Å². The van der Waals surface area contributed by atoms with E-state index in [1.165, 1.54) is 16.8 Å². The number of hydrogen-bond acceptors (Lipinski definition) is 4. The molecule has 1 aromatic rings. The van der Waals surface area contributed by atoms with Crippen molar-refractivity contribution in [2.75, 3.05) is 59.0 Å². The van der Waals surface area contributed by atoms with Gasteiger partial charge in [0.15, 0.2) is 5.96 Å². The molecule has 1 aliphatic rings. The average Bonchev–Trinajstić information content (AvgIpc) is 2.69. The Morgan fingerprint density at radius 1 is 1.24 bits per heavy atom. The highest BCUT2D eigenvalue weighted by Crippen LogP contribution is 2.19. The minimum Gasteiger partial charge on any atom is -0.385 e. The van der Waals surface area contributed by atoms with Gasteiger partial charge in [-0.15, -0.1) is 24.0 Å². The zero-order valence-electron chi connectivity index (χ0n) is 18.7. The number of aliphatic imine (C=N–C) groups is 1. The van der Waals surface area contributed by atoms with E-state index in [1.807, 2.05) is 0 Å². The molecule has 0 unspecified atom stereocenters. The zero-order chi connectivity index (χ0) is 20.4. The minimum atomic E-state index is 0. The molecule has 6 nitrogen and oxygen atoms in total. The van der Waals surface area contributed by atoms with Gasteiger partial charge >= 0.3 is 0 Å². The number of likely N-dealkylation sites (tertiary alicyclic amines) is 1. The number of nitrogens with one attached hydrogen (secondary N) is 1. The lowest BCUT2D eigenvalue weighted by Gasteiger charge is -2.34. The quantitative estimate of drug-likeness (QED) is 0.234. The zero-order valence-corrected chi connectivity index (χ0v) is 21.1. The van der Waals surface area contributed by atoms with Gasteiger partial charge in [-0.3, -0.25) is 0 Å². The highest BCUT2D eigenvalue weighted by molar-refractivity contribution is 14.0. The summed E-state index contributed by atoms with van der Waals surface area (Å²) in [5, 5.41) is 3.46. The second kappa shape index (κ2) is 14.0. The number of benzene rings is 1. The van der Waals surface area contributed by atoms with E-state index in [-0.39, 0.29) is 24.0 Å². The van der Waals surface area contributed by atoms with Crippen LogP contribution in [-0.4, -0.2) is 71.0 Å². The van der Waals surface area contributed by atoms with Gasteiger partial charge in [-0.2, -0.15) is 0 Å². The predicted octanol–water partition coefficient (Wildman–Crippen LogP) is 3.66. The van der Waals surface area contributed by atoms with Crippen LogP contribution in [0.2, 0.25) is 0 Å². The third-order valence-electron chi connectivity index (χ3n) is 5.16. The first-order valence-corrected chi connectivity index (χ1v) is 10.5. The molecular weight excluding hydrogens is 479 g/mol. The Labute approximate surface area is 194 Å².